The van der Waals surface area contributed by atoms with E-state index in [0.29, 0.717) is 0 Å². The van der Waals surface area contributed by atoms with E-state index in [0.717, 1.165) is 25.3 Å². The van der Waals surface area contributed by atoms with Crippen LogP contribution in [0.25, 0.3) is 0 Å². The molecule has 0 saturated heterocycles. The maximum absolute atomic E-state index is 5.86. The van der Waals surface area contributed by atoms with E-state index in [4.69, 9.17) is 4.74 Å². The number of benzene rings is 1. The second kappa shape index (κ2) is 13.7. The molecule has 0 aliphatic carbocycles. The van der Waals surface area contributed by atoms with Gasteiger partial charge in [0.1, 0.15) is 12.4 Å². The lowest BCUT2D eigenvalue weighted by Crippen LogP contribution is -2.20. The molecule has 0 atom stereocenters. The van der Waals surface area contributed by atoms with E-state index in [2.05, 4.69) is 63.1 Å². The third-order valence-corrected chi connectivity index (χ3v) is 2.74. The lowest BCUT2D eigenvalue weighted by Gasteiger charge is -2.20. The van der Waals surface area contributed by atoms with Gasteiger partial charge in [-0.25, -0.2) is 0 Å². The minimum atomic E-state index is 0.733. The van der Waals surface area contributed by atoms with Crippen molar-refractivity contribution in [1.82, 2.24) is 4.90 Å². The summed E-state index contributed by atoms with van der Waals surface area (Å²) >= 11 is 0. The molecule has 0 N–H and O–H groups in total. The van der Waals surface area contributed by atoms with Crippen molar-refractivity contribution in [2.75, 3.05) is 46.2 Å². The monoisotopic (exact) mass is 296 g/mol. The first-order chi connectivity index (χ1) is 10.1. The topological polar surface area (TPSA) is 15.7 Å². The molecule has 124 valence electrons. The number of ether oxygens (including phenoxy) is 1. The quantitative estimate of drug-likeness (QED) is 0.778. The lowest BCUT2D eigenvalue weighted by molar-refractivity contribution is 0.259. The van der Waals surface area contributed by atoms with Gasteiger partial charge in [-0.15, -0.1) is 0 Å². The molecule has 1 rings (SSSR count). The predicted molar refractivity (Wildman–Crippen MR) is 96.9 cm³/mol. The van der Waals surface area contributed by atoms with Crippen molar-refractivity contribution < 1.29 is 4.74 Å². The van der Waals surface area contributed by atoms with Crippen LogP contribution >= 0.6 is 0 Å². The summed E-state index contributed by atoms with van der Waals surface area (Å²) in [4.78, 5) is 4.26. The number of hydrogen-bond acceptors (Lipinski definition) is 3. The molecule has 0 aliphatic rings. The molecule has 1 aromatic rings. The molecule has 0 spiro atoms. The van der Waals surface area contributed by atoms with Gasteiger partial charge in [0.15, 0.2) is 0 Å². The van der Waals surface area contributed by atoms with Crippen LogP contribution in [0.5, 0.6) is 5.75 Å². The van der Waals surface area contributed by atoms with Crippen LogP contribution in [0, 0.1) is 0 Å². The maximum Gasteiger partial charge on any atom is 0.124 e. The van der Waals surface area contributed by atoms with Crippen molar-refractivity contribution in [2.24, 2.45) is 0 Å². The van der Waals surface area contributed by atoms with Gasteiger partial charge in [-0.05, 0) is 32.6 Å². The van der Waals surface area contributed by atoms with E-state index < -0.39 is 0 Å². The molecule has 0 unspecified atom stereocenters. The molecular formula is C18H36N2O. The summed E-state index contributed by atoms with van der Waals surface area (Å²) < 4.78 is 5.86. The second-order valence-electron chi connectivity index (χ2n) is 4.65. The molecule has 0 bridgehead atoms. The zero-order valence-corrected chi connectivity index (χ0v) is 15.7. The first-order valence-corrected chi connectivity index (χ1v) is 8.13. The van der Waals surface area contributed by atoms with E-state index in [1.807, 2.05) is 27.7 Å². The van der Waals surface area contributed by atoms with Crippen LogP contribution in [0.3, 0.4) is 0 Å². The fraction of sp³-hybridized carbons (Fsp3) is 0.667. The summed E-state index contributed by atoms with van der Waals surface area (Å²) in [5, 5.41) is 0. The Morgan fingerprint density at radius 2 is 1.52 bits per heavy atom. The van der Waals surface area contributed by atoms with Gasteiger partial charge in [0.25, 0.3) is 0 Å². The summed E-state index contributed by atoms with van der Waals surface area (Å²) in [6.07, 6.45) is 0.992. The Hall–Kier alpha value is -1.22. The van der Waals surface area contributed by atoms with E-state index in [9.17, 15) is 0 Å². The SMILES string of the molecule is CC.CC.CCc1c(OCCN(C)C)cccc1N(C)C. The van der Waals surface area contributed by atoms with Gasteiger partial charge in [-0.3, -0.25) is 0 Å². The van der Waals surface area contributed by atoms with Crippen molar-refractivity contribution in [2.45, 2.75) is 41.0 Å². The van der Waals surface area contributed by atoms with Gasteiger partial charge in [0, 0.05) is 31.9 Å². The van der Waals surface area contributed by atoms with Gasteiger partial charge >= 0.3 is 0 Å². The van der Waals surface area contributed by atoms with E-state index >= 15 is 0 Å². The average Bonchev–Trinajstić information content (AvgIpc) is 2.50. The van der Waals surface area contributed by atoms with Gasteiger partial charge in [0.05, 0.1) is 0 Å². The Bertz CT molecular complexity index is 349. The second-order valence-corrected chi connectivity index (χ2v) is 4.65. The van der Waals surface area contributed by atoms with Crippen LogP contribution < -0.4 is 9.64 Å². The molecule has 1 aromatic carbocycles. The molecule has 3 heteroatoms. The third kappa shape index (κ3) is 8.61. The minimum absolute atomic E-state index is 0.733. The normalized spacial score (nSPS) is 9.24. The number of likely N-dealkylation sites (N-methyl/N-ethyl adjacent to an activating group) is 1. The summed E-state index contributed by atoms with van der Waals surface area (Å²) in [5.74, 6) is 1.01. The van der Waals surface area contributed by atoms with Crippen LogP contribution in [-0.4, -0.2) is 46.2 Å². The molecule has 0 amide bonds. The fourth-order valence-electron chi connectivity index (χ4n) is 1.80. The highest BCUT2D eigenvalue weighted by Crippen LogP contribution is 2.28. The van der Waals surface area contributed by atoms with E-state index in [1.54, 1.807) is 0 Å². The standard InChI is InChI=1S/C14H24N2O.2C2H6/c1-6-12-13(16(4)5)8-7-9-14(12)17-11-10-15(2)3;2*1-2/h7-9H,6,10-11H2,1-5H3;2*1-2H3. The smallest absolute Gasteiger partial charge is 0.124 e. The van der Waals surface area contributed by atoms with Crippen LogP contribution in [0.1, 0.15) is 40.2 Å². The molecule has 0 radical (unpaired) electrons. The Morgan fingerprint density at radius 1 is 0.952 bits per heavy atom. The summed E-state index contributed by atoms with van der Waals surface area (Å²) in [6.45, 7) is 11.8. The number of rotatable bonds is 6. The van der Waals surface area contributed by atoms with Crippen LogP contribution in [0.4, 0.5) is 5.69 Å². The molecule has 3 nitrogen and oxygen atoms in total. The van der Waals surface area contributed by atoms with Crippen LogP contribution in [0.15, 0.2) is 18.2 Å². The molecule has 0 heterocycles. The molecule has 0 saturated carbocycles. The summed E-state index contributed by atoms with van der Waals surface area (Å²) in [6, 6.07) is 6.25. The molecule has 0 fully saturated rings. The van der Waals surface area contributed by atoms with Gasteiger partial charge < -0.3 is 14.5 Å². The largest absolute Gasteiger partial charge is 0.492 e. The third-order valence-electron chi connectivity index (χ3n) is 2.74. The van der Waals surface area contributed by atoms with Crippen LogP contribution in [0.2, 0.25) is 0 Å². The molecule has 21 heavy (non-hydrogen) atoms. The Morgan fingerprint density at radius 3 is 1.95 bits per heavy atom. The fourth-order valence-corrected chi connectivity index (χ4v) is 1.80. The van der Waals surface area contributed by atoms with Gasteiger partial charge in [-0.1, -0.05) is 40.7 Å². The number of anilines is 1. The number of hydrogen-bond donors (Lipinski definition) is 0. The van der Waals surface area contributed by atoms with E-state index in [1.165, 1.54) is 11.3 Å². The van der Waals surface area contributed by atoms with E-state index in [-0.39, 0.29) is 0 Å². The van der Waals surface area contributed by atoms with Gasteiger partial charge in [0.2, 0.25) is 0 Å². The minimum Gasteiger partial charge on any atom is -0.492 e. The van der Waals surface area contributed by atoms with Crippen molar-refractivity contribution in [3.63, 3.8) is 0 Å². The highest BCUT2D eigenvalue weighted by Gasteiger charge is 2.09. The lowest BCUT2D eigenvalue weighted by atomic mass is 10.1. The highest BCUT2D eigenvalue weighted by molar-refractivity contribution is 5.58. The van der Waals surface area contributed by atoms with Crippen molar-refractivity contribution in [3.05, 3.63) is 23.8 Å². The predicted octanol–water partition coefficient (Wildman–Crippen LogP) is 4.31. The highest BCUT2D eigenvalue weighted by atomic mass is 16.5. The Labute approximate surface area is 132 Å². The number of nitrogens with zero attached hydrogens (tertiary/aromatic N) is 2. The average molecular weight is 296 g/mol. The molecule has 0 aliphatic heterocycles. The summed E-state index contributed by atoms with van der Waals surface area (Å²) in [7, 11) is 8.25. The Balaban J connectivity index is 0. The van der Waals surface area contributed by atoms with Crippen LogP contribution in [-0.2, 0) is 6.42 Å². The zero-order chi connectivity index (χ0) is 16.8. The van der Waals surface area contributed by atoms with Crippen molar-refractivity contribution >= 4 is 5.69 Å². The van der Waals surface area contributed by atoms with Crippen molar-refractivity contribution in [1.29, 1.82) is 0 Å². The zero-order valence-electron chi connectivity index (χ0n) is 15.7. The van der Waals surface area contributed by atoms with Gasteiger partial charge in [-0.2, -0.15) is 0 Å². The van der Waals surface area contributed by atoms with Crippen molar-refractivity contribution in [3.8, 4) is 5.75 Å². The first-order valence-electron chi connectivity index (χ1n) is 8.13. The first kappa shape index (κ1) is 22.1. The summed E-state index contributed by atoms with van der Waals surface area (Å²) in [5.41, 5.74) is 2.53. The Kier molecular flexibility index (Phi) is 14.4. The molecular weight excluding hydrogens is 260 g/mol. The maximum atomic E-state index is 5.86. The molecule has 0 aromatic heterocycles.